The number of nitrogens with zero attached hydrogens (tertiary/aromatic N) is 4. The molecule has 1 saturated heterocycles. The van der Waals surface area contributed by atoms with E-state index in [-0.39, 0.29) is 32.7 Å². The minimum atomic E-state index is -0.370. The fourth-order valence-corrected chi connectivity index (χ4v) is 7.29. The van der Waals surface area contributed by atoms with Crippen molar-refractivity contribution in [2.45, 2.75) is 18.9 Å². The number of allylic oxidation sites excluding steroid dienone is 3. The summed E-state index contributed by atoms with van der Waals surface area (Å²) in [4.78, 5) is 14.8. The molecule has 0 spiro atoms. The van der Waals surface area contributed by atoms with Gasteiger partial charge in [-0.15, -0.1) is 0 Å². The summed E-state index contributed by atoms with van der Waals surface area (Å²) in [5.41, 5.74) is 6.67. The number of piperidine rings is 1. The fourth-order valence-electron chi connectivity index (χ4n) is 5.50. The van der Waals surface area contributed by atoms with Gasteiger partial charge in [0.1, 0.15) is 30.0 Å². The lowest BCUT2D eigenvalue weighted by molar-refractivity contribution is 0.102. The molecule has 0 amide bonds. The van der Waals surface area contributed by atoms with Crippen molar-refractivity contribution in [3.05, 3.63) is 76.1 Å². The van der Waals surface area contributed by atoms with Crippen molar-refractivity contribution >= 4 is 52.3 Å². The average Bonchev–Trinajstić information content (AvgIpc) is 3.65. The van der Waals surface area contributed by atoms with Crippen LogP contribution in [0.4, 0.5) is 4.39 Å². The summed E-state index contributed by atoms with van der Waals surface area (Å²) in [5.74, 6) is 1.07. The average molecular weight is 706 g/mol. The van der Waals surface area contributed by atoms with Gasteiger partial charge in [-0.2, -0.15) is 5.10 Å². The van der Waals surface area contributed by atoms with Crippen LogP contribution in [-0.4, -0.2) is 80.5 Å². The highest BCUT2D eigenvalue weighted by Crippen LogP contribution is 2.35. The minimum Gasteiger partial charge on any atom is -0.492 e. The van der Waals surface area contributed by atoms with E-state index in [2.05, 4.69) is 50.7 Å². The van der Waals surface area contributed by atoms with Crippen molar-refractivity contribution in [3.8, 4) is 28.4 Å². The Labute approximate surface area is 264 Å². The highest BCUT2D eigenvalue weighted by Gasteiger charge is 2.19. The third kappa shape index (κ3) is 6.17. The lowest BCUT2D eigenvalue weighted by atomic mass is 10.1. The number of fused-ring (bicyclic) bond motifs is 2. The molecule has 0 atom stereocenters. The molecule has 4 aromatic heterocycles. The van der Waals surface area contributed by atoms with Gasteiger partial charge in [0.25, 0.3) is 0 Å². The molecule has 9 nitrogen and oxygen atoms in total. The summed E-state index contributed by atoms with van der Waals surface area (Å²) in [7, 11) is 3.95. The fraction of sp³-hybridized carbons (Fsp3) is 0.273. The maximum absolute atomic E-state index is 14.7. The molecule has 6 heterocycles. The van der Waals surface area contributed by atoms with Crippen molar-refractivity contribution < 1.29 is 13.9 Å². The van der Waals surface area contributed by atoms with Gasteiger partial charge in [-0.05, 0) is 86.1 Å². The van der Waals surface area contributed by atoms with Gasteiger partial charge in [-0.25, -0.2) is 9.37 Å². The van der Waals surface area contributed by atoms with Gasteiger partial charge < -0.3 is 24.7 Å². The number of rotatable bonds is 9. The number of ether oxygens (including phenoxy) is 2. The van der Waals surface area contributed by atoms with Crippen LogP contribution in [0.5, 0.6) is 5.75 Å². The molecular formula is C33H33FIN7O2. The number of hydrogen-bond acceptors (Lipinski definition) is 7. The van der Waals surface area contributed by atoms with Crippen LogP contribution in [0.25, 0.3) is 50.2 Å². The lowest BCUT2D eigenvalue weighted by Gasteiger charge is -2.24. The Kier molecular flexibility index (Phi) is 8.24. The number of nitrogens with one attached hydrogen (secondary N) is 3. The molecule has 5 aromatic rings. The molecule has 44 heavy (non-hydrogen) atoms. The zero-order valence-corrected chi connectivity index (χ0v) is 26.7. The van der Waals surface area contributed by atoms with Crippen molar-refractivity contribution in [1.82, 2.24) is 35.4 Å². The van der Waals surface area contributed by atoms with Gasteiger partial charge in [0, 0.05) is 56.4 Å². The summed E-state index contributed by atoms with van der Waals surface area (Å²) in [6.07, 6.45) is 8.06. The molecule has 11 heteroatoms. The summed E-state index contributed by atoms with van der Waals surface area (Å²) in [6.45, 7) is 3.19. The van der Waals surface area contributed by atoms with Crippen LogP contribution < -0.4 is 10.1 Å². The van der Waals surface area contributed by atoms with E-state index in [0.29, 0.717) is 29.3 Å². The van der Waals surface area contributed by atoms with E-state index in [4.69, 9.17) is 9.47 Å². The number of H-pyrrole nitrogens is 2. The van der Waals surface area contributed by atoms with Gasteiger partial charge >= 0.3 is 0 Å². The van der Waals surface area contributed by atoms with Crippen molar-refractivity contribution in [3.63, 3.8) is 0 Å². The first kappa shape index (κ1) is 28.8. The summed E-state index contributed by atoms with van der Waals surface area (Å²) in [6, 6.07) is 10.8. The van der Waals surface area contributed by atoms with Crippen molar-refractivity contribution in [1.29, 1.82) is 0 Å². The van der Waals surface area contributed by atoms with E-state index in [9.17, 15) is 4.39 Å². The molecule has 226 valence electrons. The SMILES string of the molecule is CN(C)CCOc1cc(F)cc(-c2nccc3[nH]c(-c4[nH]nc5ncc(C6=CI=CC(OC7CCNCC7)=C6)cc45)cc23)c1. The van der Waals surface area contributed by atoms with Gasteiger partial charge in [-0.3, -0.25) is 10.1 Å². The Morgan fingerprint density at radius 3 is 2.80 bits per heavy atom. The number of likely N-dealkylation sites (N-methyl/N-ethyl adjacent to an activating group) is 1. The van der Waals surface area contributed by atoms with E-state index in [1.165, 1.54) is 12.1 Å². The van der Waals surface area contributed by atoms with Gasteiger partial charge in [0.05, 0.1) is 17.1 Å². The molecule has 0 radical (unpaired) electrons. The first-order chi connectivity index (χ1) is 21.5. The summed E-state index contributed by atoms with van der Waals surface area (Å²) < 4.78 is 31.4. The molecule has 0 bridgehead atoms. The zero-order chi connectivity index (χ0) is 30.0. The Hall–Kier alpha value is -3.94. The molecule has 2 aliphatic rings. The molecule has 1 aromatic carbocycles. The number of hydrogen-bond donors (Lipinski definition) is 3. The minimum absolute atomic E-state index is 0.256. The molecule has 0 aliphatic carbocycles. The van der Waals surface area contributed by atoms with Crippen LogP contribution in [-0.2, 0) is 4.74 Å². The van der Waals surface area contributed by atoms with Gasteiger partial charge in [0.2, 0.25) is 0 Å². The second kappa shape index (κ2) is 12.6. The third-order valence-electron chi connectivity index (χ3n) is 7.75. The van der Waals surface area contributed by atoms with Crippen LogP contribution in [0, 0.1) is 5.82 Å². The number of halogens is 2. The molecule has 7 rings (SSSR count). The number of pyridine rings is 2. The summed E-state index contributed by atoms with van der Waals surface area (Å²) >= 11 is -0.256. The molecule has 0 unspecified atom stereocenters. The normalized spacial score (nSPS) is 15.8. The summed E-state index contributed by atoms with van der Waals surface area (Å²) in [5, 5.41) is 12.8. The molecule has 2 aliphatic heterocycles. The van der Waals surface area contributed by atoms with Gasteiger partial charge in [-0.1, -0.05) is 20.7 Å². The second-order valence-electron chi connectivity index (χ2n) is 11.2. The first-order valence-electron chi connectivity index (χ1n) is 14.7. The molecular weight excluding hydrogens is 672 g/mol. The highest BCUT2D eigenvalue weighted by molar-refractivity contribution is 14.2. The van der Waals surface area contributed by atoms with E-state index in [1.807, 2.05) is 43.4 Å². The number of aromatic nitrogens is 5. The highest BCUT2D eigenvalue weighted by atomic mass is 127. The third-order valence-corrected chi connectivity index (χ3v) is 9.75. The largest absolute Gasteiger partial charge is 0.492 e. The first-order valence-corrected chi connectivity index (χ1v) is 17.1. The van der Waals surface area contributed by atoms with Crippen molar-refractivity contribution in [2.24, 2.45) is 0 Å². The Morgan fingerprint density at radius 2 is 1.93 bits per heavy atom. The van der Waals surface area contributed by atoms with Crippen LogP contribution in [0.2, 0.25) is 0 Å². The Morgan fingerprint density at radius 1 is 1.05 bits per heavy atom. The van der Waals surface area contributed by atoms with E-state index < -0.39 is 0 Å². The van der Waals surface area contributed by atoms with Crippen LogP contribution >= 0.6 is 20.7 Å². The standard InChI is InChI=1S/C33H33FIN7O2/c1-42(2)9-10-43-25-12-20(11-23(34)15-25)31-27-16-30(39-29(27)5-8-37-31)32-28-14-22(19-38-33(28)41-40-32)21-13-26(18-35-17-21)44-24-3-6-36-7-4-24/h5,8,11-19,24,36,39H,3-4,6-7,9-10H2,1-2H3,(H,38,40,41). The lowest BCUT2D eigenvalue weighted by Crippen LogP contribution is -2.32. The quantitative estimate of drug-likeness (QED) is 0.161. The van der Waals surface area contributed by atoms with Gasteiger partial charge in [0.15, 0.2) is 5.65 Å². The van der Waals surface area contributed by atoms with Crippen LogP contribution in [0.15, 0.2) is 64.7 Å². The Balaban J connectivity index is 1.20. The van der Waals surface area contributed by atoms with Crippen molar-refractivity contribution in [2.75, 3.05) is 40.3 Å². The molecule has 3 N–H and O–H groups in total. The molecule has 1 fully saturated rings. The number of aromatic amines is 2. The van der Waals surface area contributed by atoms with E-state index in [1.54, 1.807) is 6.20 Å². The number of benzene rings is 1. The Bertz CT molecular complexity index is 1920. The monoisotopic (exact) mass is 705 g/mol. The van der Waals surface area contributed by atoms with E-state index >= 15 is 0 Å². The topological polar surface area (TPSA) is 104 Å². The van der Waals surface area contributed by atoms with Crippen LogP contribution in [0.1, 0.15) is 18.4 Å². The molecule has 0 saturated carbocycles. The maximum Gasteiger partial charge on any atom is 0.181 e. The predicted octanol–water partition coefficient (Wildman–Crippen LogP) is 6.03. The second-order valence-corrected chi connectivity index (χ2v) is 13.2. The predicted molar refractivity (Wildman–Crippen MR) is 182 cm³/mol. The zero-order valence-electron chi connectivity index (χ0n) is 24.5. The van der Waals surface area contributed by atoms with Crippen LogP contribution in [0.3, 0.4) is 0 Å². The van der Waals surface area contributed by atoms with E-state index in [0.717, 1.165) is 77.0 Å². The smallest absolute Gasteiger partial charge is 0.181 e. The maximum atomic E-state index is 14.7.